The van der Waals surface area contributed by atoms with Crippen LogP contribution in [0.3, 0.4) is 0 Å². The van der Waals surface area contributed by atoms with Gasteiger partial charge in [0.2, 0.25) is 0 Å². The average Bonchev–Trinajstić information content (AvgIpc) is 3.18. The first-order valence-electron chi connectivity index (χ1n) is 15.4. The van der Waals surface area contributed by atoms with Gasteiger partial charge in [-0.3, -0.25) is 9.52 Å². The highest BCUT2D eigenvalue weighted by molar-refractivity contribution is 7.84. The van der Waals surface area contributed by atoms with E-state index in [4.69, 9.17) is 21.4 Å². The minimum atomic E-state index is -1.54. The summed E-state index contributed by atoms with van der Waals surface area (Å²) >= 11 is 6.39. The van der Waals surface area contributed by atoms with Crippen molar-refractivity contribution < 1.29 is 23.6 Å². The molecular weight excluding hydrogens is 596 g/mol. The van der Waals surface area contributed by atoms with E-state index in [9.17, 15) is 13.8 Å². The fourth-order valence-corrected chi connectivity index (χ4v) is 7.67. The molecule has 44 heavy (non-hydrogen) atoms. The molecule has 7 nitrogen and oxygen atoms in total. The Hall–Kier alpha value is -2.68. The number of ether oxygens (including phenoxy) is 1. The highest BCUT2D eigenvalue weighted by Gasteiger charge is 2.38. The van der Waals surface area contributed by atoms with Crippen molar-refractivity contribution in [2.24, 2.45) is 23.7 Å². The number of amides is 1. The minimum Gasteiger partial charge on any atom is -0.491 e. The Labute approximate surface area is 271 Å². The molecule has 0 spiro atoms. The number of rotatable bonds is 4. The van der Waals surface area contributed by atoms with E-state index < -0.39 is 11.0 Å². The zero-order chi connectivity index (χ0) is 31.1. The summed E-state index contributed by atoms with van der Waals surface area (Å²) in [6.07, 6.45) is 9.95. The summed E-state index contributed by atoms with van der Waals surface area (Å²) in [4.78, 5) is 27.8. The Morgan fingerprint density at radius 2 is 1.91 bits per heavy atom. The molecule has 2 bridgehead atoms. The van der Waals surface area contributed by atoms with Crippen molar-refractivity contribution in [3.05, 3.63) is 70.3 Å². The topological polar surface area (TPSA) is 95.9 Å². The molecule has 2 aromatic carbocycles. The zero-order valence-corrected chi connectivity index (χ0v) is 27.2. The number of fused-ring (bicyclic) bond motifs is 2. The molecule has 242 valence electrons. The molecule has 7 unspecified atom stereocenters. The molecule has 0 saturated heterocycles. The van der Waals surface area contributed by atoms with Gasteiger partial charge in [0.05, 0.1) is 17.5 Å². The summed E-state index contributed by atoms with van der Waals surface area (Å²) in [6, 6.07) is 11.6. The van der Waals surface area contributed by atoms with Gasteiger partial charge in [0, 0.05) is 42.6 Å². The van der Waals surface area contributed by atoms with Crippen LogP contribution in [0.25, 0.3) is 0 Å². The first-order chi connectivity index (χ1) is 20.8. The Morgan fingerprint density at radius 3 is 2.59 bits per heavy atom. The number of aliphatic hydroxyl groups is 1. The third-order valence-electron chi connectivity index (χ3n) is 9.29. The number of anilines is 1. The van der Waals surface area contributed by atoms with Crippen LogP contribution in [0.4, 0.5) is 5.69 Å². The first kappa shape index (κ1) is 35.8. The van der Waals surface area contributed by atoms with Crippen LogP contribution in [-0.2, 0) is 22.2 Å². The number of nitrogens with one attached hydrogen (secondary N) is 1. The van der Waals surface area contributed by atoms with Crippen molar-refractivity contribution in [3.63, 3.8) is 0 Å². The van der Waals surface area contributed by atoms with Crippen molar-refractivity contribution >= 4 is 40.5 Å². The number of hydrogen-bond donors (Lipinski definition) is 2. The van der Waals surface area contributed by atoms with E-state index >= 15 is 0 Å². The molecule has 9 heteroatoms. The van der Waals surface area contributed by atoms with Crippen LogP contribution >= 0.6 is 11.6 Å². The standard InChI is InChI=1S/C33H41ClN2O4S.CH4O.CH4/c1-4-6-23-15-28(34)11-13-29(23)27-18-36-17-25-9-12-30(25)26(19-37)8-5-7-21(2)22(3)41(39)35-33(38)24-10-14-32(40-20-27)31(36)16-24;1-2;/h5,8,10-11,13-16,19,21-22,25-27,30H,4,6-7,9,12,17-18,20H2,1-3H3,(H,35,38);2H,1H3;1H4/b8-5+;;. The van der Waals surface area contributed by atoms with Gasteiger partial charge in [-0.2, -0.15) is 0 Å². The summed E-state index contributed by atoms with van der Waals surface area (Å²) in [5, 5.41) is 7.50. The Balaban J connectivity index is 0.00000173. The van der Waals surface area contributed by atoms with Gasteiger partial charge in [-0.25, -0.2) is 4.21 Å². The van der Waals surface area contributed by atoms with Crippen LogP contribution < -0.4 is 14.4 Å². The van der Waals surface area contributed by atoms with Crippen LogP contribution in [0, 0.1) is 23.7 Å². The number of allylic oxidation sites excluding steroid dienone is 2. The van der Waals surface area contributed by atoms with Gasteiger partial charge in [-0.15, -0.1) is 0 Å². The number of aliphatic hydroxyl groups excluding tert-OH is 1. The molecule has 2 N–H and O–H groups in total. The molecule has 1 saturated carbocycles. The lowest BCUT2D eigenvalue weighted by molar-refractivity contribution is -0.112. The summed E-state index contributed by atoms with van der Waals surface area (Å²) in [7, 11) is -0.541. The fourth-order valence-electron chi connectivity index (χ4n) is 6.45. The van der Waals surface area contributed by atoms with E-state index in [0.29, 0.717) is 24.5 Å². The maximum atomic E-state index is 13.3. The van der Waals surface area contributed by atoms with E-state index in [1.165, 1.54) is 11.1 Å². The van der Waals surface area contributed by atoms with E-state index in [1.54, 1.807) is 6.07 Å². The molecule has 7 atom stereocenters. The fraction of sp³-hybridized carbons (Fsp3) is 0.543. The zero-order valence-electron chi connectivity index (χ0n) is 25.6. The SMILES string of the molecule is C.CCCc1cc(Cl)ccc1C1COc2ccc3cc2N(C1)CC1CCC1C(C=O)/C=C/CC(C)C(C)S(=O)NC3=O.CO. The van der Waals surface area contributed by atoms with Gasteiger partial charge >= 0.3 is 0 Å². The van der Waals surface area contributed by atoms with Crippen molar-refractivity contribution in [1.29, 1.82) is 0 Å². The van der Waals surface area contributed by atoms with Crippen molar-refractivity contribution in [2.75, 3.05) is 31.7 Å². The Morgan fingerprint density at radius 1 is 1.14 bits per heavy atom. The van der Waals surface area contributed by atoms with Crippen LogP contribution in [0.5, 0.6) is 5.75 Å². The van der Waals surface area contributed by atoms with E-state index in [1.807, 2.05) is 38.1 Å². The third-order valence-corrected chi connectivity index (χ3v) is 11.0. The second kappa shape index (κ2) is 16.6. The predicted molar refractivity (Wildman–Crippen MR) is 181 cm³/mol. The maximum Gasteiger partial charge on any atom is 0.263 e. The number of halogens is 1. The lowest BCUT2D eigenvalue weighted by Crippen LogP contribution is -2.42. The molecule has 2 aliphatic heterocycles. The smallest absolute Gasteiger partial charge is 0.263 e. The molecule has 3 aliphatic rings. The number of benzene rings is 2. The van der Waals surface area contributed by atoms with Crippen LogP contribution in [-0.4, -0.2) is 53.6 Å². The van der Waals surface area contributed by atoms with Crippen molar-refractivity contribution in [1.82, 2.24) is 4.72 Å². The van der Waals surface area contributed by atoms with Gasteiger partial charge in [0.15, 0.2) is 0 Å². The quantitative estimate of drug-likeness (QED) is 0.283. The second-order valence-corrected chi connectivity index (χ2v) is 14.0. The molecule has 1 fully saturated rings. The van der Waals surface area contributed by atoms with Crippen molar-refractivity contribution in [2.45, 2.75) is 71.5 Å². The van der Waals surface area contributed by atoms with E-state index in [2.05, 4.69) is 34.8 Å². The number of nitrogens with zero attached hydrogens (tertiary/aromatic N) is 1. The van der Waals surface area contributed by atoms with Crippen LogP contribution in [0.2, 0.25) is 5.02 Å². The Kier molecular flexibility index (Phi) is 13.5. The van der Waals surface area contributed by atoms with Gasteiger partial charge in [0.25, 0.3) is 5.91 Å². The summed E-state index contributed by atoms with van der Waals surface area (Å²) in [6.45, 7) is 8.11. The average molecular weight is 645 g/mol. The van der Waals surface area contributed by atoms with Gasteiger partial charge in [-0.1, -0.05) is 57.5 Å². The van der Waals surface area contributed by atoms with E-state index in [0.717, 1.165) is 68.6 Å². The summed E-state index contributed by atoms with van der Waals surface area (Å²) < 4.78 is 22.2. The van der Waals surface area contributed by atoms with Gasteiger partial charge < -0.3 is 19.5 Å². The number of carbonyl (C=O) groups excluding carboxylic acids is 2. The van der Waals surface area contributed by atoms with E-state index in [-0.39, 0.29) is 42.3 Å². The molecular formula is C35H49ClN2O5S. The van der Waals surface area contributed by atoms with Gasteiger partial charge in [-0.05, 0) is 91.8 Å². The summed E-state index contributed by atoms with van der Waals surface area (Å²) in [5.41, 5.74) is 3.82. The van der Waals surface area contributed by atoms with Crippen LogP contribution in [0.1, 0.15) is 81.3 Å². The lowest BCUT2D eigenvalue weighted by atomic mass is 9.67. The molecule has 0 aromatic heterocycles. The predicted octanol–water partition coefficient (Wildman–Crippen LogP) is 6.74. The Bertz CT molecular complexity index is 1330. The van der Waals surface area contributed by atoms with Crippen molar-refractivity contribution in [3.8, 4) is 5.75 Å². The molecule has 0 radical (unpaired) electrons. The molecule has 1 aliphatic carbocycles. The van der Waals surface area contributed by atoms with Gasteiger partial charge in [0.1, 0.15) is 23.0 Å². The number of aldehydes is 1. The first-order valence-corrected chi connectivity index (χ1v) is 17.0. The molecule has 2 aromatic rings. The highest BCUT2D eigenvalue weighted by atomic mass is 35.5. The minimum absolute atomic E-state index is 0. The largest absolute Gasteiger partial charge is 0.491 e. The molecule has 1 amide bonds. The lowest BCUT2D eigenvalue weighted by Gasteiger charge is -2.43. The maximum absolute atomic E-state index is 13.3. The number of aryl methyl sites for hydroxylation is 1. The monoisotopic (exact) mass is 644 g/mol. The highest BCUT2D eigenvalue weighted by Crippen LogP contribution is 2.44. The van der Waals surface area contributed by atoms with Crippen LogP contribution in [0.15, 0.2) is 48.6 Å². The third kappa shape index (κ3) is 8.12. The second-order valence-electron chi connectivity index (χ2n) is 12.0. The molecule has 2 heterocycles. The number of hydrogen-bond acceptors (Lipinski definition) is 6. The normalized spacial score (nSPS) is 29.1. The number of carbonyl (C=O) groups is 2. The summed E-state index contributed by atoms with van der Waals surface area (Å²) in [5.74, 6) is 1.09. The molecule has 5 rings (SSSR count).